The minimum absolute atomic E-state index is 0.176. The second-order valence-corrected chi connectivity index (χ2v) is 7.78. The third kappa shape index (κ3) is 5.21. The van der Waals surface area contributed by atoms with Crippen molar-refractivity contribution in [1.29, 1.82) is 0 Å². The highest BCUT2D eigenvalue weighted by atomic mass is 32.2. The molecule has 0 atom stereocenters. The number of rotatable bonds is 8. The predicted octanol–water partition coefficient (Wildman–Crippen LogP) is 2.35. The molecular formula is C18H22N2O5S. The van der Waals surface area contributed by atoms with Gasteiger partial charge in [-0.05, 0) is 36.4 Å². The van der Waals surface area contributed by atoms with Gasteiger partial charge in [-0.15, -0.1) is 0 Å². The summed E-state index contributed by atoms with van der Waals surface area (Å²) in [7, 11) is -0.487. The lowest BCUT2D eigenvalue weighted by Gasteiger charge is -2.13. The van der Waals surface area contributed by atoms with Gasteiger partial charge in [0.2, 0.25) is 15.9 Å². The number of benzene rings is 2. The second-order valence-electron chi connectivity index (χ2n) is 5.63. The monoisotopic (exact) mass is 378 g/mol. The zero-order chi connectivity index (χ0) is 19.2. The van der Waals surface area contributed by atoms with E-state index < -0.39 is 10.0 Å². The number of nitrogens with zero attached hydrogens (tertiary/aromatic N) is 1. The summed E-state index contributed by atoms with van der Waals surface area (Å²) >= 11 is 0. The summed E-state index contributed by atoms with van der Waals surface area (Å²) in [6, 6.07) is 13.3. The molecule has 0 fully saturated rings. The van der Waals surface area contributed by atoms with Crippen molar-refractivity contribution in [2.75, 3.05) is 32.6 Å². The summed E-state index contributed by atoms with van der Waals surface area (Å²) < 4.78 is 36.3. The van der Waals surface area contributed by atoms with Gasteiger partial charge in [-0.1, -0.05) is 12.1 Å². The van der Waals surface area contributed by atoms with Crippen LogP contribution in [0.4, 0.5) is 5.69 Å². The maximum Gasteiger partial charge on any atom is 0.242 e. The minimum atomic E-state index is -3.45. The largest absolute Gasteiger partial charge is 0.490 e. The van der Waals surface area contributed by atoms with E-state index in [0.29, 0.717) is 17.2 Å². The predicted molar refractivity (Wildman–Crippen MR) is 99.1 cm³/mol. The number of anilines is 1. The molecule has 0 radical (unpaired) electrons. The fraction of sp³-hybridized carbons (Fsp3) is 0.278. The first kappa shape index (κ1) is 19.7. The molecule has 0 saturated heterocycles. The van der Waals surface area contributed by atoms with E-state index in [1.807, 2.05) is 6.07 Å². The molecule has 2 aromatic carbocycles. The summed E-state index contributed by atoms with van der Waals surface area (Å²) in [6.07, 6.45) is 0. The normalized spacial score (nSPS) is 11.2. The van der Waals surface area contributed by atoms with Gasteiger partial charge in [-0.2, -0.15) is 0 Å². The number of hydrogen-bond acceptors (Lipinski definition) is 5. The van der Waals surface area contributed by atoms with Gasteiger partial charge < -0.3 is 14.8 Å². The van der Waals surface area contributed by atoms with Crippen molar-refractivity contribution >= 4 is 21.6 Å². The molecule has 0 aliphatic carbocycles. The van der Waals surface area contributed by atoms with E-state index in [9.17, 15) is 13.2 Å². The second kappa shape index (κ2) is 8.68. The van der Waals surface area contributed by atoms with Gasteiger partial charge in [0.15, 0.2) is 0 Å². The Bertz CT molecular complexity index is 848. The van der Waals surface area contributed by atoms with Crippen LogP contribution >= 0.6 is 0 Å². The third-order valence-corrected chi connectivity index (χ3v) is 5.24. The number of nitrogens with one attached hydrogen (secondary N) is 1. The molecule has 1 N–H and O–H groups in total. The molecule has 7 nitrogen and oxygen atoms in total. The van der Waals surface area contributed by atoms with E-state index >= 15 is 0 Å². The standard InChI is InChI=1S/C18H22N2O5S/c1-14(21)19-17-6-4-5-7-18(17)25-13-12-24-15-8-10-16(11-9-15)26(22,23)20(2)3/h4-11H,12-13H2,1-3H3,(H,19,21). The number of hydrogen-bond donors (Lipinski definition) is 1. The van der Waals surface area contributed by atoms with Crippen molar-refractivity contribution in [3.8, 4) is 11.5 Å². The topological polar surface area (TPSA) is 84.9 Å². The van der Waals surface area contributed by atoms with E-state index in [4.69, 9.17) is 9.47 Å². The molecule has 0 aliphatic heterocycles. The Morgan fingerprint density at radius 2 is 1.62 bits per heavy atom. The maximum atomic E-state index is 12.0. The maximum absolute atomic E-state index is 12.0. The number of para-hydroxylation sites is 2. The van der Waals surface area contributed by atoms with Gasteiger partial charge in [0.1, 0.15) is 24.7 Å². The Morgan fingerprint density at radius 1 is 1.00 bits per heavy atom. The number of sulfonamides is 1. The lowest BCUT2D eigenvalue weighted by atomic mass is 10.3. The van der Waals surface area contributed by atoms with Crippen molar-refractivity contribution in [3.63, 3.8) is 0 Å². The third-order valence-electron chi connectivity index (χ3n) is 3.41. The Kier molecular flexibility index (Phi) is 6.59. The lowest BCUT2D eigenvalue weighted by molar-refractivity contribution is -0.114. The van der Waals surface area contributed by atoms with Gasteiger partial charge in [0.05, 0.1) is 10.6 Å². The number of ether oxygens (including phenoxy) is 2. The highest BCUT2D eigenvalue weighted by Gasteiger charge is 2.16. The van der Waals surface area contributed by atoms with E-state index in [-0.39, 0.29) is 24.0 Å². The van der Waals surface area contributed by atoms with Crippen LogP contribution in [0.1, 0.15) is 6.92 Å². The zero-order valence-corrected chi connectivity index (χ0v) is 15.7. The first-order chi connectivity index (χ1) is 12.3. The quantitative estimate of drug-likeness (QED) is 0.713. The molecule has 0 saturated carbocycles. The Hall–Kier alpha value is -2.58. The summed E-state index contributed by atoms with van der Waals surface area (Å²) in [6.45, 7) is 1.97. The molecule has 26 heavy (non-hydrogen) atoms. The zero-order valence-electron chi connectivity index (χ0n) is 14.9. The summed E-state index contributed by atoms with van der Waals surface area (Å²) in [4.78, 5) is 11.4. The van der Waals surface area contributed by atoms with Crippen molar-refractivity contribution in [1.82, 2.24) is 4.31 Å². The molecule has 2 aromatic rings. The van der Waals surface area contributed by atoms with Crippen LogP contribution in [-0.2, 0) is 14.8 Å². The first-order valence-electron chi connectivity index (χ1n) is 7.95. The van der Waals surface area contributed by atoms with Crippen LogP contribution in [0.5, 0.6) is 11.5 Å². The summed E-state index contributed by atoms with van der Waals surface area (Å²) in [5, 5.41) is 2.70. The van der Waals surface area contributed by atoms with E-state index in [1.165, 1.54) is 33.2 Å². The number of carbonyl (C=O) groups is 1. The molecule has 140 valence electrons. The summed E-state index contributed by atoms with van der Waals surface area (Å²) in [5.41, 5.74) is 0.596. The first-order valence-corrected chi connectivity index (χ1v) is 9.39. The molecule has 8 heteroatoms. The number of amides is 1. The molecule has 0 spiro atoms. The summed E-state index contributed by atoms with van der Waals surface area (Å²) in [5.74, 6) is 0.922. The molecule has 0 aliphatic rings. The van der Waals surface area contributed by atoms with Crippen molar-refractivity contribution < 1.29 is 22.7 Å². The van der Waals surface area contributed by atoms with Crippen molar-refractivity contribution in [3.05, 3.63) is 48.5 Å². The number of carbonyl (C=O) groups excluding carboxylic acids is 1. The minimum Gasteiger partial charge on any atom is -0.490 e. The van der Waals surface area contributed by atoms with Gasteiger partial charge in [0, 0.05) is 21.0 Å². The van der Waals surface area contributed by atoms with Crippen LogP contribution in [0.15, 0.2) is 53.4 Å². The van der Waals surface area contributed by atoms with Crippen molar-refractivity contribution in [2.45, 2.75) is 11.8 Å². The van der Waals surface area contributed by atoms with Gasteiger partial charge >= 0.3 is 0 Å². The van der Waals surface area contributed by atoms with E-state index in [2.05, 4.69) is 5.32 Å². The highest BCUT2D eigenvalue weighted by molar-refractivity contribution is 7.89. The van der Waals surface area contributed by atoms with Crippen LogP contribution < -0.4 is 14.8 Å². The van der Waals surface area contributed by atoms with Gasteiger partial charge in [0.25, 0.3) is 0 Å². The molecule has 0 unspecified atom stereocenters. The van der Waals surface area contributed by atoms with Gasteiger partial charge in [-0.3, -0.25) is 4.79 Å². The molecule has 0 aromatic heterocycles. The van der Waals surface area contributed by atoms with Crippen LogP contribution in [-0.4, -0.2) is 45.9 Å². The molecular weight excluding hydrogens is 356 g/mol. The van der Waals surface area contributed by atoms with E-state index in [0.717, 1.165) is 4.31 Å². The van der Waals surface area contributed by atoms with Crippen molar-refractivity contribution in [2.24, 2.45) is 0 Å². The highest BCUT2D eigenvalue weighted by Crippen LogP contribution is 2.23. The lowest BCUT2D eigenvalue weighted by Crippen LogP contribution is -2.22. The molecule has 0 bridgehead atoms. The molecule has 1 amide bonds. The fourth-order valence-corrected chi connectivity index (χ4v) is 3.02. The SMILES string of the molecule is CC(=O)Nc1ccccc1OCCOc1ccc(S(=O)(=O)N(C)C)cc1. The van der Waals surface area contributed by atoms with Crippen LogP contribution in [0.25, 0.3) is 0 Å². The Morgan fingerprint density at radius 3 is 2.23 bits per heavy atom. The molecule has 2 rings (SSSR count). The van der Waals surface area contributed by atoms with Crippen LogP contribution in [0.2, 0.25) is 0 Å². The van der Waals surface area contributed by atoms with Crippen LogP contribution in [0, 0.1) is 0 Å². The van der Waals surface area contributed by atoms with Crippen LogP contribution in [0.3, 0.4) is 0 Å². The van der Waals surface area contributed by atoms with Gasteiger partial charge in [-0.25, -0.2) is 12.7 Å². The average molecular weight is 378 g/mol. The van der Waals surface area contributed by atoms with E-state index in [1.54, 1.807) is 30.3 Å². The molecule has 0 heterocycles. The Balaban J connectivity index is 1.88. The average Bonchev–Trinajstić information content (AvgIpc) is 2.60. The smallest absolute Gasteiger partial charge is 0.242 e. The fourth-order valence-electron chi connectivity index (χ4n) is 2.12. The Labute approximate surface area is 153 Å².